The van der Waals surface area contributed by atoms with Crippen LogP contribution in [0, 0.1) is 0 Å². The molecule has 0 atom stereocenters. The lowest BCUT2D eigenvalue weighted by molar-refractivity contribution is -0.274. The maximum absolute atomic E-state index is 12.1. The zero-order valence-corrected chi connectivity index (χ0v) is 15.0. The number of hydrogen-bond donors (Lipinski definition) is 0. The van der Waals surface area contributed by atoms with Crippen molar-refractivity contribution in [3.63, 3.8) is 0 Å². The monoisotopic (exact) mass is 382 g/mol. The Hall–Kier alpha value is -3.20. The number of hydrogen-bond acceptors (Lipinski definition) is 9. The van der Waals surface area contributed by atoms with Gasteiger partial charge >= 0.3 is 17.8 Å². The molecule has 1 spiro atoms. The number of carbonyl (C=O) groups excluding carboxylic acids is 2. The van der Waals surface area contributed by atoms with E-state index in [0.717, 1.165) is 30.6 Å². The zero-order chi connectivity index (χ0) is 19.1. The van der Waals surface area contributed by atoms with Crippen LogP contribution < -0.4 is 4.90 Å². The van der Waals surface area contributed by atoms with Crippen LogP contribution in [-0.4, -0.2) is 58.6 Å². The highest BCUT2D eigenvalue weighted by atomic mass is 16.8. The van der Waals surface area contributed by atoms with Gasteiger partial charge in [0.2, 0.25) is 0 Å². The molecule has 0 radical (unpaired) electrons. The van der Waals surface area contributed by atoms with Crippen LogP contribution in [0.5, 0.6) is 0 Å². The molecule has 2 bridgehead atoms. The number of carbonyl (C=O) groups is 2. The minimum absolute atomic E-state index is 0.177. The Morgan fingerprint density at radius 2 is 1.75 bits per heavy atom. The minimum Gasteiger partial charge on any atom is -0.472 e. The van der Waals surface area contributed by atoms with Gasteiger partial charge in [0.05, 0.1) is 18.2 Å². The third-order valence-corrected chi connectivity index (χ3v) is 5.39. The van der Waals surface area contributed by atoms with E-state index >= 15 is 0 Å². The van der Waals surface area contributed by atoms with Crippen LogP contribution in [0.4, 0.5) is 5.82 Å². The minimum atomic E-state index is -1.46. The second-order valence-corrected chi connectivity index (χ2v) is 7.02. The van der Waals surface area contributed by atoms with E-state index < -0.39 is 17.8 Å². The maximum atomic E-state index is 12.1. The molecule has 0 N–H and O–H groups in total. The number of fused-ring (bicyclic) bond motifs is 3. The second kappa shape index (κ2) is 6.45. The lowest BCUT2D eigenvalue weighted by Crippen LogP contribution is -2.58. The van der Waals surface area contributed by atoms with E-state index in [-0.39, 0.29) is 12.6 Å². The molecular formula is C19H18N4O5. The molecule has 0 aromatic carbocycles. The fraction of sp³-hybridized carbons (Fsp3) is 0.368. The van der Waals surface area contributed by atoms with Gasteiger partial charge in [-0.05, 0) is 31.0 Å². The van der Waals surface area contributed by atoms with Crippen LogP contribution in [-0.2, 0) is 19.1 Å². The number of esters is 2. The summed E-state index contributed by atoms with van der Waals surface area (Å²) in [5, 5.41) is 8.67. The lowest BCUT2D eigenvalue weighted by Gasteiger charge is -2.39. The highest BCUT2D eigenvalue weighted by Crippen LogP contribution is 2.36. The molecule has 144 valence electrons. The van der Waals surface area contributed by atoms with Crippen molar-refractivity contribution in [2.75, 3.05) is 24.5 Å². The van der Waals surface area contributed by atoms with Crippen molar-refractivity contribution in [1.82, 2.24) is 15.1 Å². The summed E-state index contributed by atoms with van der Waals surface area (Å²) in [4.78, 5) is 28.1. The summed E-state index contributed by atoms with van der Waals surface area (Å²) >= 11 is 0. The number of furan rings is 1. The van der Waals surface area contributed by atoms with E-state index in [1.807, 2.05) is 28.0 Å². The molecule has 3 saturated heterocycles. The standard InChI is InChI=1S/C19H18N4O5/c24-17-3-4-18(25)28-19(27-17)12-23(14-5-8-22(19)9-6-14)16-2-1-15(20-21-16)13-7-10-26-11-13/h1-4,7,10-11,14H,5-6,8-9,12H2. The van der Waals surface area contributed by atoms with Gasteiger partial charge in [0, 0.05) is 36.8 Å². The summed E-state index contributed by atoms with van der Waals surface area (Å²) < 4.78 is 16.3. The molecule has 0 amide bonds. The molecule has 6 heterocycles. The van der Waals surface area contributed by atoms with E-state index in [4.69, 9.17) is 13.9 Å². The summed E-state index contributed by atoms with van der Waals surface area (Å²) in [5.41, 5.74) is 1.54. The van der Waals surface area contributed by atoms with Gasteiger partial charge < -0.3 is 18.8 Å². The smallest absolute Gasteiger partial charge is 0.339 e. The van der Waals surface area contributed by atoms with Crippen molar-refractivity contribution >= 4 is 17.8 Å². The molecule has 0 aliphatic carbocycles. The second-order valence-electron chi connectivity index (χ2n) is 7.02. The van der Waals surface area contributed by atoms with Crippen molar-refractivity contribution in [3.8, 4) is 11.3 Å². The first-order valence-electron chi connectivity index (χ1n) is 9.15. The number of piperidine rings is 1. The highest BCUT2D eigenvalue weighted by molar-refractivity contribution is 5.93. The number of aromatic nitrogens is 2. The van der Waals surface area contributed by atoms with Gasteiger partial charge in [-0.25, -0.2) is 14.5 Å². The predicted molar refractivity (Wildman–Crippen MR) is 95.7 cm³/mol. The van der Waals surface area contributed by atoms with Crippen LogP contribution in [0.15, 0.2) is 47.3 Å². The largest absolute Gasteiger partial charge is 0.472 e. The number of rotatable bonds is 2. The van der Waals surface area contributed by atoms with Crippen LogP contribution in [0.3, 0.4) is 0 Å². The van der Waals surface area contributed by atoms with Crippen molar-refractivity contribution in [3.05, 3.63) is 42.9 Å². The van der Waals surface area contributed by atoms with Crippen molar-refractivity contribution < 1.29 is 23.5 Å². The Labute approximate surface area is 160 Å². The van der Waals surface area contributed by atoms with Gasteiger partial charge in [0.15, 0.2) is 5.82 Å². The van der Waals surface area contributed by atoms with E-state index in [0.29, 0.717) is 24.6 Å². The number of anilines is 1. The third kappa shape index (κ3) is 2.84. The lowest BCUT2D eigenvalue weighted by atomic mass is 10.1. The first-order valence-corrected chi connectivity index (χ1v) is 9.15. The average molecular weight is 382 g/mol. The fourth-order valence-electron chi connectivity index (χ4n) is 4.01. The topological polar surface area (TPSA) is 98.0 Å². The summed E-state index contributed by atoms with van der Waals surface area (Å²) in [7, 11) is 0. The first kappa shape index (κ1) is 16.9. The highest BCUT2D eigenvalue weighted by Gasteiger charge is 2.52. The average Bonchev–Trinajstić information content (AvgIpc) is 3.11. The molecule has 2 aromatic rings. The number of ether oxygens (including phenoxy) is 2. The summed E-state index contributed by atoms with van der Waals surface area (Å²) in [6, 6.07) is 5.75. The molecule has 28 heavy (non-hydrogen) atoms. The normalized spacial score (nSPS) is 25.9. The van der Waals surface area contributed by atoms with Crippen LogP contribution >= 0.6 is 0 Å². The fourth-order valence-corrected chi connectivity index (χ4v) is 4.01. The van der Waals surface area contributed by atoms with Crippen LogP contribution in [0.25, 0.3) is 11.3 Å². The molecule has 0 saturated carbocycles. The van der Waals surface area contributed by atoms with Gasteiger partial charge in [-0.1, -0.05) is 0 Å². The number of nitrogens with zero attached hydrogens (tertiary/aromatic N) is 4. The quantitative estimate of drug-likeness (QED) is 0.712. The third-order valence-electron chi connectivity index (χ3n) is 5.39. The predicted octanol–water partition coefficient (Wildman–Crippen LogP) is 1.33. The molecule has 9 heteroatoms. The molecule has 4 aliphatic heterocycles. The van der Waals surface area contributed by atoms with Gasteiger partial charge in [-0.3, -0.25) is 0 Å². The van der Waals surface area contributed by atoms with Crippen molar-refractivity contribution in [2.45, 2.75) is 24.8 Å². The summed E-state index contributed by atoms with van der Waals surface area (Å²) in [6.45, 7) is 1.49. The van der Waals surface area contributed by atoms with E-state index in [9.17, 15) is 9.59 Å². The van der Waals surface area contributed by atoms with E-state index in [1.165, 1.54) is 0 Å². The molecular weight excluding hydrogens is 364 g/mol. The van der Waals surface area contributed by atoms with Gasteiger partial charge in [0.25, 0.3) is 0 Å². The molecule has 3 fully saturated rings. The van der Waals surface area contributed by atoms with Gasteiger partial charge in [-0.15, -0.1) is 10.2 Å². The van der Waals surface area contributed by atoms with Gasteiger partial charge in [0.1, 0.15) is 6.54 Å². The van der Waals surface area contributed by atoms with Crippen LogP contribution in [0.1, 0.15) is 12.8 Å². The zero-order valence-electron chi connectivity index (χ0n) is 15.0. The first-order chi connectivity index (χ1) is 13.6. The maximum Gasteiger partial charge on any atom is 0.339 e. The van der Waals surface area contributed by atoms with Crippen molar-refractivity contribution in [2.24, 2.45) is 0 Å². The van der Waals surface area contributed by atoms with Gasteiger partial charge in [-0.2, -0.15) is 0 Å². The van der Waals surface area contributed by atoms with Crippen LogP contribution in [0.2, 0.25) is 0 Å². The summed E-state index contributed by atoms with van der Waals surface area (Å²) in [6.07, 6.45) is 7.07. The molecule has 2 aromatic heterocycles. The molecule has 6 rings (SSSR count). The Morgan fingerprint density at radius 1 is 1.00 bits per heavy atom. The Kier molecular flexibility index (Phi) is 3.90. The Bertz CT molecular complexity index is 896. The summed E-state index contributed by atoms with van der Waals surface area (Å²) in [5.74, 6) is -2.02. The molecule has 4 aliphatic rings. The van der Waals surface area contributed by atoms with E-state index in [2.05, 4.69) is 10.2 Å². The Morgan fingerprint density at radius 3 is 2.36 bits per heavy atom. The molecule has 9 nitrogen and oxygen atoms in total. The molecule has 0 unspecified atom stereocenters. The van der Waals surface area contributed by atoms with Crippen molar-refractivity contribution in [1.29, 1.82) is 0 Å². The SMILES string of the molecule is O=C1C=CC(=O)OC2(CN(c3ccc(-c4ccoc4)nn3)C3CCN2CC3)O1. The van der Waals surface area contributed by atoms with E-state index in [1.54, 1.807) is 12.5 Å². The Balaban J connectivity index is 1.49.